The second-order valence-corrected chi connectivity index (χ2v) is 7.06. The number of carbonyl (C=O) groups is 1. The van der Waals surface area contributed by atoms with E-state index in [9.17, 15) is 4.79 Å². The molecule has 0 aliphatic heterocycles. The Morgan fingerprint density at radius 2 is 1.70 bits per heavy atom. The zero-order valence-corrected chi connectivity index (χ0v) is 13.0. The van der Waals surface area contributed by atoms with Crippen molar-refractivity contribution in [1.29, 1.82) is 0 Å². The molecule has 0 spiro atoms. The molecule has 4 rings (SSSR count). The van der Waals surface area contributed by atoms with E-state index < -0.39 is 0 Å². The zero-order chi connectivity index (χ0) is 14.3. The summed E-state index contributed by atoms with van der Waals surface area (Å²) in [5.41, 5.74) is 0. The van der Waals surface area contributed by atoms with Crippen LogP contribution in [0, 0.1) is 41.4 Å². The normalized spacial score (nSPS) is 46.0. The summed E-state index contributed by atoms with van der Waals surface area (Å²) in [6.45, 7) is 6.70. The van der Waals surface area contributed by atoms with Crippen molar-refractivity contribution >= 4 is 5.97 Å². The van der Waals surface area contributed by atoms with E-state index in [1.54, 1.807) is 0 Å². The van der Waals surface area contributed by atoms with Gasteiger partial charge >= 0.3 is 5.97 Å². The molecule has 2 nitrogen and oxygen atoms in total. The van der Waals surface area contributed by atoms with Gasteiger partial charge in [-0.2, -0.15) is 0 Å². The lowest BCUT2D eigenvalue weighted by atomic mass is 9.69. The van der Waals surface area contributed by atoms with Crippen molar-refractivity contribution in [1.82, 2.24) is 0 Å². The molecule has 0 aromatic rings. The Morgan fingerprint density at radius 1 is 1.05 bits per heavy atom. The number of hydrogen-bond acceptors (Lipinski definition) is 2. The van der Waals surface area contributed by atoms with Crippen LogP contribution in [0.5, 0.6) is 0 Å². The van der Waals surface area contributed by atoms with Gasteiger partial charge in [0, 0.05) is 0 Å². The molecule has 0 aromatic carbocycles. The van der Waals surface area contributed by atoms with E-state index in [1.165, 1.54) is 19.3 Å². The SMILES string of the molecule is CCC.CCOC(=O)C1CC2CC1C1C3C=CC(C3)C21. The van der Waals surface area contributed by atoms with Gasteiger partial charge in [0.1, 0.15) is 0 Å². The third kappa shape index (κ3) is 2.03. The molecule has 0 N–H and O–H groups in total. The monoisotopic (exact) mass is 276 g/mol. The molecule has 20 heavy (non-hydrogen) atoms. The number of fused-ring (bicyclic) bond motifs is 9. The highest BCUT2D eigenvalue weighted by Crippen LogP contribution is 2.67. The van der Waals surface area contributed by atoms with Crippen LogP contribution < -0.4 is 0 Å². The van der Waals surface area contributed by atoms with E-state index in [4.69, 9.17) is 4.74 Å². The Labute approximate surface area is 123 Å². The van der Waals surface area contributed by atoms with Crippen molar-refractivity contribution < 1.29 is 9.53 Å². The number of rotatable bonds is 2. The van der Waals surface area contributed by atoms with Crippen molar-refractivity contribution in [2.24, 2.45) is 41.4 Å². The van der Waals surface area contributed by atoms with Gasteiger partial charge in [-0.3, -0.25) is 4.79 Å². The number of ether oxygens (including phenoxy) is 1. The first-order chi connectivity index (χ1) is 9.71. The fourth-order valence-corrected chi connectivity index (χ4v) is 5.54. The molecule has 7 unspecified atom stereocenters. The highest BCUT2D eigenvalue weighted by Gasteiger charge is 2.62. The molecule has 112 valence electrons. The van der Waals surface area contributed by atoms with Gasteiger partial charge in [-0.15, -0.1) is 0 Å². The van der Waals surface area contributed by atoms with E-state index in [1.807, 2.05) is 6.92 Å². The summed E-state index contributed by atoms with van der Waals surface area (Å²) in [7, 11) is 0. The molecule has 0 amide bonds. The molecular weight excluding hydrogens is 248 g/mol. The molecule has 0 aromatic heterocycles. The Kier molecular flexibility index (Phi) is 3.92. The van der Waals surface area contributed by atoms with Gasteiger partial charge in [0.2, 0.25) is 0 Å². The Hall–Kier alpha value is -0.790. The number of allylic oxidation sites excluding steroid dienone is 2. The van der Waals surface area contributed by atoms with Crippen molar-refractivity contribution in [3.05, 3.63) is 12.2 Å². The maximum atomic E-state index is 12.0. The highest BCUT2D eigenvalue weighted by molar-refractivity contribution is 5.73. The first kappa shape index (κ1) is 14.2. The Morgan fingerprint density at radius 3 is 2.35 bits per heavy atom. The minimum atomic E-state index is 0.0882. The standard InChI is InChI=1S/C15H20O2.C3H8/c1-2-17-15(16)12-7-10-6-11(12)14-9-4-3-8(5-9)13(10)14;1-3-2/h3-4,8-14H,2,5-7H2,1H3;3H2,1-2H3. The van der Waals surface area contributed by atoms with E-state index in [2.05, 4.69) is 26.0 Å². The summed E-state index contributed by atoms with van der Waals surface area (Å²) >= 11 is 0. The van der Waals surface area contributed by atoms with Gasteiger partial charge in [-0.25, -0.2) is 0 Å². The molecule has 4 aliphatic carbocycles. The van der Waals surface area contributed by atoms with Crippen LogP contribution >= 0.6 is 0 Å². The first-order valence-electron chi connectivity index (χ1n) is 8.56. The molecular formula is C18H28O2. The highest BCUT2D eigenvalue weighted by atomic mass is 16.5. The summed E-state index contributed by atoms with van der Waals surface area (Å²) in [5.74, 6) is 5.15. The molecule has 0 radical (unpaired) electrons. The largest absolute Gasteiger partial charge is 0.466 e. The molecule has 4 aliphatic rings. The zero-order valence-electron chi connectivity index (χ0n) is 13.0. The summed E-state index contributed by atoms with van der Waals surface area (Å²) in [6, 6.07) is 0. The minimum absolute atomic E-state index is 0.0882. The summed E-state index contributed by atoms with van der Waals surface area (Å²) in [5, 5.41) is 0. The fourth-order valence-electron chi connectivity index (χ4n) is 5.54. The van der Waals surface area contributed by atoms with Crippen LogP contribution in [0.15, 0.2) is 12.2 Å². The van der Waals surface area contributed by atoms with Crippen LogP contribution in [0.25, 0.3) is 0 Å². The molecule has 3 fully saturated rings. The lowest BCUT2D eigenvalue weighted by Gasteiger charge is -2.35. The fraction of sp³-hybridized carbons (Fsp3) is 0.833. The topological polar surface area (TPSA) is 26.3 Å². The van der Waals surface area contributed by atoms with Crippen molar-refractivity contribution in [3.63, 3.8) is 0 Å². The smallest absolute Gasteiger partial charge is 0.309 e. The van der Waals surface area contributed by atoms with E-state index in [0.717, 1.165) is 36.0 Å². The van der Waals surface area contributed by atoms with Crippen molar-refractivity contribution in [2.75, 3.05) is 6.61 Å². The quantitative estimate of drug-likeness (QED) is 0.432. The second kappa shape index (κ2) is 5.54. The first-order valence-corrected chi connectivity index (χ1v) is 8.56. The summed E-state index contributed by atoms with van der Waals surface area (Å²) in [4.78, 5) is 12.0. The molecule has 3 saturated carbocycles. The van der Waals surface area contributed by atoms with Crippen LogP contribution in [0.2, 0.25) is 0 Å². The third-order valence-corrected chi connectivity index (χ3v) is 5.86. The molecule has 0 heterocycles. The number of hydrogen-bond donors (Lipinski definition) is 0. The minimum Gasteiger partial charge on any atom is -0.466 e. The molecule has 7 atom stereocenters. The average molecular weight is 276 g/mol. The van der Waals surface area contributed by atoms with E-state index >= 15 is 0 Å². The van der Waals surface area contributed by atoms with Gasteiger partial charge in [-0.1, -0.05) is 32.4 Å². The second-order valence-electron chi connectivity index (χ2n) is 7.06. The van der Waals surface area contributed by atoms with Crippen LogP contribution in [0.1, 0.15) is 46.5 Å². The Bertz CT molecular complexity index is 400. The predicted molar refractivity (Wildman–Crippen MR) is 80.0 cm³/mol. The van der Waals surface area contributed by atoms with Gasteiger partial charge in [0.15, 0.2) is 0 Å². The van der Waals surface area contributed by atoms with E-state index in [-0.39, 0.29) is 11.9 Å². The van der Waals surface area contributed by atoms with Crippen LogP contribution in [-0.4, -0.2) is 12.6 Å². The van der Waals surface area contributed by atoms with Crippen molar-refractivity contribution in [3.8, 4) is 0 Å². The number of carbonyl (C=O) groups excluding carboxylic acids is 1. The van der Waals surface area contributed by atoms with Crippen LogP contribution in [0.4, 0.5) is 0 Å². The molecule has 0 saturated heterocycles. The lowest BCUT2D eigenvalue weighted by Crippen LogP contribution is -2.35. The van der Waals surface area contributed by atoms with Crippen LogP contribution in [0.3, 0.4) is 0 Å². The van der Waals surface area contributed by atoms with Crippen molar-refractivity contribution in [2.45, 2.75) is 46.5 Å². The Balaban J connectivity index is 0.000000373. The van der Waals surface area contributed by atoms with Gasteiger partial charge in [0.05, 0.1) is 12.5 Å². The predicted octanol–water partition coefficient (Wildman–Crippen LogP) is 4.06. The molecule has 2 heteroatoms. The maximum absolute atomic E-state index is 12.0. The maximum Gasteiger partial charge on any atom is 0.309 e. The van der Waals surface area contributed by atoms with Gasteiger partial charge in [0.25, 0.3) is 0 Å². The summed E-state index contributed by atoms with van der Waals surface area (Å²) < 4.78 is 5.25. The third-order valence-electron chi connectivity index (χ3n) is 5.86. The number of esters is 1. The molecule has 4 bridgehead atoms. The van der Waals surface area contributed by atoms with E-state index in [0.29, 0.717) is 12.5 Å². The average Bonchev–Trinajstić information content (AvgIpc) is 3.18. The van der Waals surface area contributed by atoms with Gasteiger partial charge in [-0.05, 0) is 61.7 Å². The van der Waals surface area contributed by atoms with Crippen LogP contribution in [-0.2, 0) is 9.53 Å². The lowest BCUT2D eigenvalue weighted by molar-refractivity contribution is -0.151. The van der Waals surface area contributed by atoms with Gasteiger partial charge < -0.3 is 4.74 Å². The summed E-state index contributed by atoms with van der Waals surface area (Å²) in [6.07, 6.45) is 9.91.